The number of alkyl halides is 3. The van der Waals surface area contributed by atoms with E-state index in [1.54, 1.807) is 0 Å². The van der Waals surface area contributed by atoms with Crippen LogP contribution in [0.1, 0.15) is 11.1 Å². The van der Waals surface area contributed by atoms with E-state index in [0.29, 0.717) is 0 Å². The van der Waals surface area contributed by atoms with Gasteiger partial charge in [0.05, 0.1) is 12.7 Å². The van der Waals surface area contributed by atoms with Gasteiger partial charge in [0.2, 0.25) is 0 Å². The number of esters is 1. The molecule has 0 saturated heterocycles. The molecule has 17 heavy (non-hydrogen) atoms. The largest absolute Gasteiger partial charge is 0.459 e. The van der Waals surface area contributed by atoms with Crippen molar-refractivity contribution in [1.82, 2.24) is 0 Å². The van der Waals surface area contributed by atoms with Crippen molar-refractivity contribution in [2.45, 2.75) is 6.18 Å². The highest BCUT2D eigenvalue weighted by atomic mass is 19.4. The Kier molecular flexibility index (Phi) is 3.63. The SMILES string of the molecule is COC(=O)C#Cc1ccc(N)cc1C(F)(F)F. The summed E-state index contributed by atoms with van der Waals surface area (Å²) in [7, 11) is 1.09. The van der Waals surface area contributed by atoms with Crippen LogP contribution >= 0.6 is 0 Å². The lowest BCUT2D eigenvalue weighted by Gasteiger charge is -2.09. The van der Waals surface area contributed by atoms with E-state index in [2.05, 4.69) is 10.7 Å². The van der Waals surface area contributed by atoms with Crippen LogP contribution in [0.2, 0.25) is 0 Å². The van der Waals surface area contributed by atoms with Gasteiger partial charge in [0.25, 0.3) is 0 Å². The number of hydrogen-bond donors (Lipinski definition) is 1. The van der Waals surface area contributed by atoms with E-state index < -0.39 is 17.7 Å². The van der Waals surface area contributed by atoms with Gasteiger partial charge in [-0.2, -0.15) is 13.2 Å². The molecule has 3 nitrogen and oxygen atoms in total. The van der Waals surface area contributed by atoms with E-state index in [4.69, 9.17) is 5.73 Å². The molecule has 0 aliphatic heterocycles. The van der Waals surface area contributed by atoms with Crippen molar-refractivity contribution in [2.75, 3.05) is 12.8 Å². The highest BCUT2D eigenvalue weighted by Gasteiger charge is 2.33. The average molecular weight is 243 g/mol. The third kappa shape index (κ3) is 3.41. The van der Waals surface area contributed by atoms with E-state index in [1.165, 1.54) is 6.07 Å². The van der Waals surface area contributed by atoms with Crippen molar-refractivity contribution in [3.8, 4) is 11.8 Å². The minimum Gasteiger partial charge on any atom is -0.459 e. The second-order valence-electron chi connectivity index (χ2n) is 3.04. The van der Waals surface area contributed by atoms with Gasteiger partial charge in [0.15, 0.2) is 0 Å². The number of hydrogen-bond acceptors (Lipinski definition) is 3. The molecule has 0 unspecified atom stereocenters. The topological polar surface area (TPSA) is 52.3 Å². The highest BCUT2D eigenvalue weighted by molar-refractivity contribution is 5.89. The molecule has 0 bridgehead atoms. The molecule has 1 aromatic rings. The Morgan fingerprint density at radius 1 is 1.41 bits per heavy atom. The molecule has 0 atom stereocenters. The number of anilines is 1. The summed E-state index contributed by atoms with van der Waals surface area (Å²) in [4.78, 5) is 10.7. The summed E-state index contributed by atoms with van der Waals surface area (Å²) < 4.78 is 42.0. The quantitative estimate of drug-likeness (QED) is 0.429. The maximum atomic E-state index is 12.6. The second-order valence-corrected chi connectivity index (χ2v) is 3.04. The van der Waals surface area contributed by atoms with Crippen LogP contribution < -0.4 is 5.73 Å². The zero-order valence-corrected chi connectivity index (χ0v) is 8.76. The van der Waals surface area contributed by atoms with Crippen LogP contribution in [0.25, 0.3) is 0 Å². The lowest BCUT2D eigenvalue weighted by atomic mass is 10.1. The van der Waals surface area contributed by atoms with Gasteiger partial charge < -0.3 is 10.5 Å². The first-order valence-electron chi connectivity index (χ1n) is 4.41. The van der Waals surface area contributed by atoms with Crippen LogP contribution in [0.3, 0.4) is 0 Å². The van der Waals surface area contributed by atoms with Crippen molar-refractivity contribution in [1.29, 1.82) is 0 Å². The Hall–Kier alpha value is -2.16. The van der Waals surface area contributed by atoms with Crippen LogP contribution in [-0.2, 0) is 15.7 Å². The van der Waals surface area contributed by atoms with E-state index in [9.17, 15) is 18.0 Å². The first-order chi connectivity index (χ1) is 7.84. The minimum absolute atomic E-state index is 0.0269. The zero-order chi connectivity index (χ0) is 13.1. The lowest BCUT2D eigenvalue weighted by molar-refractivity contribution is -0.138. The minimum atomic E-state index is -4.57. The molecule has 6 heteroatoms. The molecule has 90 valence electrons. The number of methoxy groups -OCH3 is 1. The molecular formula is C11H8F3NO2. The number of halogens is 3. The van der Waals surface area contributed by atoms with Crippen molar-refractivity contribution < 1.29 is 22.7 Å². The molecule has 0 aliphatic rings. The number of nitrogens with two attached hydrogens (primary N) is 1. The summed E-state index contributed by atoms with van der Waals surface area (Å²) in [5.74, 6) is 3.12. The molecule has 0 spiro atoms. The van der Waals surface area contributed by atoms with Gasteiger partial charge in [-0.1, -0.05) is 5.92 Å². The lowest BCUT2D eigenvalue weighted by Crippen LogP contribution is -2.08. The van der Waals surface area contributed by atoms with E-state index in [0.717, 1.165) is 19.2 Å². The monoisotopic (exact) mass is 243 g/mol. The van der Waals surface area contributed by atoms with E-state index >= 15 is 0 Å². The zero-order valence-electron chi connectivity index (χ0n) is 8.76. The van der Waals surface area contributed by atoms with Gasteiger partial charge >= 0.3 is 12.1 Å². The second kappa shape index (κ2) is 4.78. The van der Waals surface area contributed by atoms with Gasteiger partial charge in [-0.3, -0.25) is 0 Å². The Morgan fingerprint density at radius 2 is 2.06 bits per heavy atom. The molecular weight excluding hydrogens is 235 g/mol. The van der Waals surface area contributed by atoms with Crippen LogP contribution in [0.15, 0.2) is 18.2 Å². The Bertz CT molecular complexity index is 498. The Morgan fingerprint density at radius 3 is 2.59 bits per heavy atom. The summed E-state index contributed by atoms with van der Waals surface area (Å²) in [5, 5.41) is 0. The third-order valence-electron chi connectivity index (χ3n) is 1.83. The third-order valence-corrected chi connectivity index (χ3v) is 1.83. The van der Waals surface area contributed by atoms with E-state index in [1.807, 2.05) is 5.92 Å². The van der Waals surface area contributed by atoms with Crippen molar-refractivity contribution in [3.05, 3.63) is 29.3 Å². The number of carbonyl (C=O) groups excluding carboxylic acids is 1. The van der Waals surface area contributed by atoms with Crippen molar-refractivity contribution in [2.24, 2.45) is 0 Å². The fraction of sp³-hybridized carbons (Fsp3) is 0.182. The standard InChI is InChI=1S/C11H8F3NO2/c1-17-10(16)5-3-7-2-4-8(15)6-9(7)11(12,13)14/h2,4,6H,15H2,1H3. The molecule has 1 aromatic carbocycles. The van der Waals surface area contributed by atoms with Crippen molar-refractivity contribution in [3.63, 3.8) is 0 Å². The summed E-state index contributed by atoms with van der Waals surface area (Å²) in [6, 6.07) is 3.14. The number of nitrogen functional groups attached to an aromatic ring is 1. The maximum absolute atomic E-state index is 12.6. The summed E-state index contributed by atoms with van der Waals surface area (Å²) >= 11 is 0. The predicted octanol–water partition coefficient (Wildman–Crippen LogP) is 1.81. The number of carbonyl (C=O) groups is 1. The molecule has 0 fully saturated rings. The van der Waals surface area contributed by atoms with Crippen LogP contribution in [-0.4, -0.2) is 13.1 Å². The van der Waals surface area contributed by atoms with Crippen LogP contribution in [0.5, 0.6) is 0 Å². The fourth-order valence-corrected chi connectivity index (χ4v) is 1.07. The normalized spacial score (nSPS) is 10.4. The summed E-state index contributed by atoms with van der Waals surface area (Å²) in [6.07, 6.45) is -4.57. The van der Waals surface area contributed by atoms with Gasteiger partial charge in [-0.15, -0.1) is 0 Å². The smallest absolute Gasteiger partial charge is 0.417 e. The van der Waals surface area contributed by atoms with Crippen molar-refractivity contribution >= 4 is 11.7 Å². The molecule has 0 aromatic heterocycles. The van der Waals surface area contributed by atoms with Crippen LogP contribution in [0.4, 0.5) is 18.9 Å². The first kappa shape index (κ1) is 12.9. The molecule has 0 radical (unpaired) electrons. The molecule has 1 rings (SSSR count). The number of benzene rings is 1. The summed E-state index contributed by atoms with van der Waals surface area (Å²) in [5.41, 5.74) is 3.94. The molecule has 0 aliphatic carbocycles. The van der Waals surface area contributed by atoms with Gasteiger partial charge in [-0.05, 0) is 18.2 Å². The Labute approximate surface area is 95.4 Å². The maximum Gasteiger partial charge on any atom is 0.417 e. The number of rotatable bonds is 0. The molecule has 2 N–H and O–H groups in total. The number of ether oxygens (including phenoxy) is 1. The van der Waals surface area contributed by atoms with Gasteiger partial charge in [0.1, 0.15) is 0 Å². The molecule has 0 heterocycles. The first-order valence-corrected chi connectivity index (χ1v) is 4.41. The van der Waals surface area contributed by atoms with E-state index in [-0.39, 0.29) is 11.3 Å². The molecule has 0 saturated carbocycles. The average Bonchev–Trinajstić information content (AvgIpc) is 2.25. The fourth-order valence-electron chi connectivity index (χ4n) is 1.07. The highest BCUT2D eigenvalue weighted by Crippen LogP contribution is 2.32. The van der Waals surface area contributed by atoms with Gasteiger partial charge in [0, 0.05) is 17.2 Å². The Balaban J connectivity index is 3.23. The molecule has 0 amide bonds. The summed E-state index contributed by atoms with van der Waals surface area (Å²) in [6.45, 7) is 0. The van der Waals surface area contributed by atoms with Crippen LogP contribution in [0, 0.1) is 11.8 Å². The predicted molar refractivity (Wildman–Crippen MR) is 54.8 cm³/mol. The van der Waals surface area contributed by atoms with Gasteiger partial charge in [-0.25, -0.2) is 4.79 Å².